The molecule has 0 radical (unpaired) electrons. The number of pyridine rings is 1. The van der Waals surface area contributed by atoms with Crippen LogP contribution in [0.15, 0.2) is 140 Å². The van der Waals surface area contributed by atoms with Gasteiger partial charge in [0, 0.05) is 34.2 Å². The molecule has 0 amide bonds. The van der Waals surface area contributed by atoms with Crippen molar-refractivity contribution in [2.75, 3.05) is 0 Å². The van der Waals surface area contributed by atoms with E-state index in [2.05, 4.69) is 117 Å². The van der Waals surface area contributed by atoms with Crippen LogP contribution in [0.5, 0.6) is 0 Å². The summed E-state index contributed by atoms with van der Waals surface area (Å²) in [5.41, 5.74) is 9.98. The van der Waals surface area contributed by atoms with E-state index in [0.29, 0.717) is 0 Å². The number of fused-ring (bicyclic) bond motifs is 9. The molecule has 0 fully saturated rings. The first-order chi connectivity index (χ1) is 20.3. The Labute approximate surface area is 235 Å². The van der Waals surface area contributed by atoms with E-state index >= 15 is 0 Å². The van der Waals surface area contributed by atoms with Crippen molar-refractivity contribution in [3.8, 4) is 22.5 Å². The van der Waals surface area contributed by atoms with Crippen LogP contribution in [-0.2, 0) is 0 Å². The molecule has 4 heterocycles. The highest BCUT2D eigenvalue weighted by Gasteiger charge is 2.17. The molecule has 0 aliphatic rings. The van der Waals surface area contributed by atoms with E-state index in [1.807, 2.05) is 41.5 Å². The molecule has 0 bridgehead atoms. The van der Waals surface area contributed by atoms with E-state index in [1.165, 1.54) is 21.8 Å². The lowest BCUT2D eigenvalue weighted by Crippen LogP contribution is -1.98. The minimum Gasteiger partial charge on any atom is -0.309 e. The molecular weight excluding hydrogens is 502 g/mol. The molecule has 0 aliphatic heterocycles. The van der Waals surface area contributed by atoms with Crippen molar-refractivity contribution in [1.29, 1.82) is 0 Å². The lowest BCUT2D eigenvalue weighted by atomic mass is 10.0. The minimum atomic E-state index is 0.913. The maximum atomic E-state index is 4.81. The number of rotatable bonds is 3. The van der Waals surface area contributed by atoms with Gasteiger partial charge in [-0.1, -0.05) is 72.8 Å². The maximum Gasteiger partial charge on any atom is 0.148 e. The quantitative estimate of drug-likeness (QED) is 0.232. The summed E-state index contributed by atoms with van der Waals surface area (Å²) in [5, 5.41) is 9.50. The minimum absolute atomic E-state index is 0.913. The normalized spacial score (nSPS) is 11.9. The van der Waals surface area contributed by atoms with Gasteiger partial charge in [0.25, 0.3) is 0 Å². The fourth-order valence-corrected chi connectivity index (χ4v) is 6.37. The first-order valence-electron chi connectivity index (χ1n) is 13.8. The third kappa shape index (κ3) is 3.17. The zero-order chi connectivity index (χ0) is 26.9. The van der Waals surface area contributed by atoms with Crippen LogP contribution in [0.25, 0.3) is 71.8 Å². The van der Waals surface area contributed by atoms with Crippen LogP contribution in [0.3, 0.4) is 0 Å². The smallest absolute Gasteiger partial charge is 0.148 e. The van der Waals surface area contributed by atoms with E-state index < -0.39 is 0 Å². The first-order valence-corrected chi connectivity index (χ1v) is 13.8. The van der Waals surface area contributed by atoms with Gasteiger partial charge in [0.05, 0.1) is 39.3 Å². The monoisotopic (exact) mass is 525 g/mol. The number of benzene rings is 5. The summed E-state index contributed by atoms with van der Waals surface area (Å²) in [5.74, 6) is 0. The molecule has 0 spiro atoms. The van der Waals surface area contributed by atoms with Crippen molar-refractivity contribution >= 4 is 49.3 Å². The molecule has 5 nitrogen and oxygen atoms in total. The van der Waals surface area contributed by atoms with Gasteiger partial charge >= 0.3 is 0 Å². The molecule has 0 atom stereocenters. The van der Waals surface area contributed by atoms with Crippen molar-refractivity contribution in [2.24, 2.45) is 0 Å². The van der Waals surface area contributed by atoms with Gasteiger partial charge in [0.2, 0.25) is 0 Å². The molecule has 9 aromatic rings. The summed E-state index contributed by atoms with van der Waals surface area (Å²) in [6.07, 6.45) is 5.82. The molecule has 41 heavy (non-hydrogen) atoms. The molecule has 0 saturated carbocycles. The van der Waals surface area contributed by atoms with Crippen LogP contribution in [-0.4, -0.2) is 23.7 Å². The van der Waals surface area contributed by atoms with Crippen molar-refractivity contribution in [2.45, 2.75) is 0 Å². The van der Waals surface area contributed by atoms with Crippen LogP contribution < -0.4 is 0 Å². The average molecular weight is 526 g/mol. The molecule has 4 aromatic heterocycles. The van der Waals surface area contributed by atoms with E-state index in [4.69, 9.17) is 5.10 Å². The predicted molar refractivity (Wildman–Crippen MR) is 167 cm³/mol. The zero-order valence-electron chi connectivity index (χ0n) is 22.0. The molecule has 192 valence electrons. The molecule has 0 saturated heterocycles. The number of para-hydroxylation sites is 3. The zero-order valence-corrected chi connectivity index (χ0v) is 22.0. The Bertz CT molecular complexity index is 2370. The Balaban J connectivity index is 1.30. The van der Waals surface area contributed by atoms with Crippen LogP contribution >= 0.6 is 0 Å². The Morgan fingerprint density at radius 1 is 0.512 bits per heavy atom. The highest BCUT2D eigenvalue weighted by Crippen LogP contribution is 2.36. The highest BCUT2D eigenvalue weighted by molar-refractivity contribution is 6.12. The largest absolute Gasteiger partial charge is 0.309 e. The summed E-state index contributed by atoms with van der Waals surface area (Å²) < 4.78 is 6.56. The predicted octanol–water partition coefficient (Wildman–Crippen LogP) is 8.59. The van der Waals surface area contributed by atoms with Crippen LogP contribution in [0, 0.1) is 0 Å². The molecular formula is C36H23N5. The molecule has 0 unspecified atom stereocenters. The van der Waals surface area contributed by atoms with Crippen molar-refractivity contribution in [1.82, 2.24) is 23.7 Å². The van der Waals surface area contributed by atoms with Gasteiger partial charge in [-0.05, 0) is 59.7 Å². The van der Waals surface area contributed by atoms with Gasteiger partial charge in [-0.15, -0.1) is 0 Å². The average Bonchev–Trinajstić information content (AvgIpc) is 3.77. The van der Waals surface area contributed by atoms with Crippen LogP contribution in [0.2, 0.25) is 0 Å². The van der Waals surface area contributed by atoms with Gasteiger partial charge < -0.3 is 4.57 Å². The Morgan fingerprint density at radius 2 is 1.22 bits per heavy atom. The summed E-state index contributed by atoms with van der Waals surface area (Å²) in [6.45, 7) is 0. The van der Waals surface area contributed by atoms with Gasteiger partial charge in [-0.3, -0.25) is 4.40 Å². The molecule has 5 heteroatoms. The molecule has 0 aliphatic carbocycles. The molecule has 9 rings (SSSR count). The number of imidazole rings is 1. The number of aromatic nitrogens is 5. The van der Waals surface area contributed by atoms with E-state index in [1.54, 1.807) is 0 Å². The topological polar surface area (TPSA) is 40.0 Å². The van der Waals surface area contributed by atoms with Gasteiger partial charge in [0.1, 0.15) is 5.65 Å². The molecule has 0 N–H and O–H groups in total. The van der Waals surface area contributed by atoms with Gasteiger partial charge in [-0.2, -0.15) is 5.10 Å². The van der Waals surface area contributed by atoms with Crippen LogP contribution in [0.1, 0.15) is 0 Å². The lowest BCUT2D eigenvalue weighted by Gasteiger charge is -2.13. The summed E-state index contributed by atoms with van der Waals surface area (Å²) >= 11 is 0. The second-order valence-corrected chi connectivity index (χ2v) is 10.4. The number of hydrogen-bond donors (Lipinski definition) is 0. The van der Waals surface area contributed by atoms with Crippen molar-refractivity contribution < 1.29 is 0 Å². The third-order valence-electron chi connectivity index (χ3n) is 8.18. The first kappa shape index (κ1) is 22.2. The van der Waals surface area contributed by atoms with Gasteiger partial charge in [-0.25, -0.2) is 9.67 Å². The van der Waals surface area contributed by atoms with Crippen molar-refractivity contribution in [3.05, 3.63) is 140 Å². The van der Waals surface area contributed by atoms with E-state index in [9.17, 15) is 0 Å². The maximum absolute atomic E-state index is 4.81. The molecule has 5 aromatic carbocycles. The van der Waals surface area contributed by atoms with Crippen molar-refractivity contribution in [3.63, 3.8) is 0 Å². The number of hydrogen-bond acceptors (Lipinski definition) is 2. The summed E-state index contributed by atoms with van der Waals surface area (Å²) in [6, 6.07) is 43.1. The Morgan fingerprint density at radius 3 is 2.02 bits per heavy atom. The fraction of sp³-hybridized carbons (Fsp3) is 0. The second-order valence-electron chi connectivity index (χ2n) is 10.4. The Hall–Kier alpha value is -5.68. The summed E-state index contributed by atoms with van der Waals surface area (Å²) in [4.78, 5) is 4.68. The highest BCUT2D eigenvalue weighted by atomic mass is 15.3. The van der Waals surface area contributed by atoms with E-state index in [-0.39, 0.29) is 0 Å². The van der Waals surface area contributed by atoms with Gasteiger partial charge in [0.15, 0.2) is 0 Å². The number of nitrogens with zero attached hydrogens (tertiary/aromatic N) is 5. The Kier molecular flexibility index (Phi) is 4.55. The standard InChI is InChI=1S/C36H23N5/c1-2-10-26(11-3-1)41-35-30-22-25(17-18-32(30)39-20-19-37-36(39)31(35)23-38-41)24-9-8-12-27(21-24)40-33-15-6-4-13-28(33)29-14-5-7-16-34(29)40/h1-23H. The summed E-state index contributed by atoms with van der Waals surface area (Å²) in [7, 11) is 0. The second kappa shape index (κ2) is 8.41. The van der Waals surface area contributed by atoms with Crippen LogP contribution in [0.4, 0.5) is 0 Å². The van der Waals surface area contributed by atoms with E-state index in [0.717, 1.165) is 50.0 Å². The fourth-order valence-electron chi connectivity index (χ4n) is 6.37. The lowest BCUT2D eigenvalue weighted by molar-refractivity contribution is 0.913. The SMILES string of the molecule is c1ccc(-n2ncc3c2c2cc(-c4cccc(-n5c6ccccc6c6ccccc65)c4)ccc2n2ccnc32)cc1. The third-order valence-corrected chi connectivity index (χ3v) is 8.18.